The lowest BCUT2D eigenvalue weighted by molar-refractivity contribution is 0.453. The van der Waals surface area contributed by atoms with Crippen LogP contribution in [0.4, 0.5) is 0 Å². The van der Waals surface area contributed by atoms with E-state index in [0.29, 0.717) is 6.04 Å². The van der Waals surface area contributed by atoms with E-state index >= 15 is 0 Å². The second kappa shape index (κ2) is 5.37. The third kappa shape index (κ3) is 2.77. The van der Waals surface area contributed by atoms with Crippen LogP contribution in [0.3, 0.4) is 0 Å². The van der Waals surface area contributed by atoms with Crippen molar-refractivity contribution >= 4 is 27.7 Å². The molecule has 3 heteroatoms. The van der Waals surface area contributed by atoms with Crippen LogP contribution in [0, 0.1) is 5.92 Å². The summed E-state index contributed by atoms with van der Waals surface area (Å²) in [7, 11) is 2.07. The van der Waals surface area contributed by atoms with E-state index in [0.717, 1.165) is 5.92 Å². The molecule has 82 valence electrons. The molecule has 1 heterocycles. The number of benzene rings is 1. The van der Waals surface area contributed by atoms with Crippen molar-refractivity contribution in [3.63, 3.8) is 0 Å². The zero-order valence-electron chi connectivity index (χ0n) is 8.87. The molecule has 0 amide bonds. The first-order valence-corrected chi connectivity index (χ1v) is 7.24. The largest absolute Gasteiger partial charge is 0.316 e. The summed E-state index contributed by atoms with van der Waals surface area (Å²) in [6.45, 7) is 0. The van der Waals surface area contributed by atoms with Crippen LogP contribution in [-0.4, -0.2) is 24.6 Å². The van der Waals surface area contributed by atoms with Gasteiger partial charge in [-0.3, -0.25) is 0 Å². The molecule has 0 aromatic heterocycles. The molecule has 2 atom stereocenters. The van der Waals surface area contributed by atoms with Crippen LogP contribution in [0.25, 0.3) is 0 Å². The Morgan fingerprint density at radius 2 is 2.20 bits per heavy atom. The van der Waals surface area contributed by atoms with Crippen molar-refractivity contribution in [2.24, 2.45) is 5.92 Å². The van der Waals surface area contributed by atoms with Crippen molar-refractivity contribution in [2.45, 2.75) is 12.5 Å². The van der Waals surface area contributed by atoms with Gasteiger partial charge in [-0.15, -0.1) is 0 Å². The number of hydrogen-bond donors (Lipinski definition) is 1. The fourth-order valence-corrected chi connectivity index (χ4v) is 3.99. The molecule has 15 heavy (non-hydrogen) atoms. The molecule has 0 spiro atoms. The molecule has 0 aliphatic carbocycles. The van der Waals surface area contributed by atoms with Crippen molar-refractivity contribution in [1.29, 1.82) is 0 Å². The van der Waals surface area contributed by atoms with Gasteiger partial charge >= 0.3 is 0 Å². The zero-order valence-corrected chi connectivity index (χ0v) is 11.3. The third-order valence-corrected chi connectivity index (χ3v) is 5.04. The van der Waals surface area contributed by atoms with Crippen molar-refractivity contribution in [3.05, 3.63) is 34.3 Å². The van der Waals surface area contributed by atoms with Gasteiger partial charge in [-0.05, 0) is 36.8 Å². The lowest BCUT2D eigenvalue weighted by atomic mass is 9.95. The Kier molecular flexibility index (Phi) is 4.12. The molecule has 1 aliphatic rings. The van der Waals surface area contributed by atoms with Gasteiger partial charge in [0.1, 0.15) is 0 Å². The molecular formula is C12H16BrNS. The van der Waals surface area contributed by atoms with Crippen LogP contribution in [0.5, 0.6) is 0 Å². The minimum Gasteiger partial charge on any atom is -0.316 e. The summed E-state index contributed by atoms with van der Waals surface area (Å²) < 4.78 is 1.25. The van der Waals surface area contributed by atoms with E-state index in [9.17, 15) is 0 Å². The van der Waals surface area contributed by atoms with Gasteiger partial charge in [0.25, 0.3) is 0 Å². The average molecular weight is 286 g/mol. The minimum atomic E-state index is 0.683. The van der Waals surface area contributed by atoms with Gasteiger partial charge in [-0.1, -0.05) is 34.1 Å². The van der Waals surface area contributed by atoms with E-state index in [-0.39, 0.29) is 0 Å². The average Bonchev–Trinajstić information content (AvgIpc) is 2.69. The normalized spacial score (nSPS) is 25.7. The highest BCUT2D eigenvalue weighted by molar-refractivity contribution is 9.10. The fourth-order valence-electron chi connectivity index (χ4n) is 2.07. The molecule has 1 N–H and O–H groups in total. The quantitative estimate of drug-likeness (QED) is 0.917. The summed E-state index contributed by atoms with van der Waals surface area (Å²) in [6.07, 6.45) is 1.18. The summed E-state index contributed by atoms with van der Waals surface area (Å²) >= 11 is 5.68. The van der Waals surface area contributed by atoms with Crippen LogP contribution in [0.1, 0.15) is 5.56 Å². The predicted molar refractivity (Wildman–Crippen MR) is 71.5 cm³/mol. The third-order valence-electron chi connectivity index (χ3n) is 3.01. The Morgan fingerprint density at radius 1 is 1.40 bits per heavy atom. The van der Waals surface area contributed by atoms with Gasteiger partial charge in [-0.25, -0.2) is 0 Å². The number of hydrogen-bond acceptors (Lipinski definition) is 2. The van der Waals surface area contributed by atoms with Crippen molar-refractivity contribution < 1.29 is 0 Å². The van der Waals surface area contributed by atoms with Gasteiger partial charge < -0.3 is 5.32 Å². The maximum absolute atomic E-state index is 3.62. The molecule has 1 fully saturated rings. The van der Waals surface area contributed by atoms with Crippen LogP contribution in [-0.2, 0) is 6.42 Å². The SMILES string of the molecule is CNC1CSCC1Cc1ccccc1Br. The Morgan fingerprint density at radius 3 is 2.93 bits per heavy atom. The predicted octanol–water partition coefficient (Wildman–Crippen LogP) is 2.94. The molecule has 2 rings (SSSR count). The van der Waals surface area contributed by atoms with E-state index in [1.165, 1.54) is 28.0 Å². The molecule has 0 bridgehead atoms. The van der Waals surface area contributed by atoms with E-state index in [4.69, 9.17) is 0 Å². The van der Waals surface area contributed by atoms with Crippen molar-refractivity contribution in [1.82, 2.24) is 5.32 Å². The maximum atomic E-state index is 3.62. The molecule has 1 aliphatic heterocycles. The van der Waals surface area contributed by atoms with Crippen molar-refractivity contribution in [2.75, 3.05) is 18.6 Å². The fraction of sp³-hybridized carbons (Fsp3) is 0.500. The summed E-state index contributed by atoms with van der Waals surface area (Å²) in [6, 6.07) is 9.23. The lowest BCUT2D eigenvalue weighted by Gasteiger charge is -2.18. The summed E-state index contributed by atoms with van der Waals surface area (Å²) in [5.41, 5.74) is 1.44. The Bertz CT molecular complexity index is 329. The Hall–Kier alpha value is 0.01000. The summed E-state index contributed by atoms with van der Waals surface area (Å²) in [4.78, 5) is 0. The molecule has 1 aromatic carbocycles. The molecule has 0 radical (unpaired) electrons. The Balaban J connectivity index is 2.05. The van der Waals surface area contributed by atoms with Gasteiger partial charge in [0.05, 0.1) is 0 Å². The van der Waals surface area contributed by atoms with Gasteiger partial charge in [0, 0.05) is 16.3 Å². The van der Waals surface area contributed by atoms with Crippen LogP contribution >= 0.6 is 27.7 Å². The van der Waals surface area contributed by atoms with Crippen LogP contribution in [0.15, 0.2) is 28.7 Å². The van der Waals surface area contributed by atoms with E-state index in [1.54, 1.807) is 0 Å². The van der Waals surface area contributed by atoms with Crippen LogP contribution < -0.4 is 5.32 Å². The molecule has 1 aromatic rings. The highest BCUT2D eigenvalue weighted by atomic mass is 79.9. The number of nitrogens with one attached hydrogen (secondary N) is 1. The lowest BCUT2D eigenvalue weighted by Crippen LogP contribution is -2.33. The van der Waals surface area contributed by atoms with E-state index in [2.05, 4.69) is 64.3 Å². The van der Waals surface area contributed by atoms with Gasteiger partial charge in [-0.2, -0.15) is 11.8 Å². The Labute approximate surface area is 104 Å². The van der Waals surface area contributed by atoms with Gasteiger partial charge in [0.2, 0.25) is 0 Å². The standard InChI is InChI=1S/C12H16BrNS/c1-14-12-8-15-7-10(12)6-9-4-2-3-5-11(9)13/h2-5,10,12,14H,6-8H2,1H3. The second-order valence-electron chi connectivity index (χ2n) is 3.99. The number of thioether (sulfide) groups is 1. The number of rotatable bonds is 3. The highest BCUT2D eigenvalue weighted by Gasteiger charge is 2.26. The zero-order chi connectivity index (χ0) is 10.7. The monoisotopic (exact) mass is 285 g/mol. The maximum Gasteiger partial charge on any atom is 0.0207 e. The number of halogens is 1. The molecule has 0 saturated carbocycles. The van der Waals surface area contributed by atoms with E-state index in [1.807, 2.05) is 0 Å². The minimum absolute atomic E-state index is 0.683. The van der Waals surface area contributed by atoms with Crippen molar-refractivity contribution in [3.8, 4) is 0 Å². The molecule has 2 unspecified atom stereocenters. The smallest absolute Gasteiger partial charge is 0.0207 e. The molecule has 1 nitrogen and oxygen atoms in total. The van der Waals surface area contributed by atoms with E-state index < -0.39 is 0 Å². The van der Waals surface area contributed by atoms with Gasteiger partial charge in [0.15, 0.2) is 0 Å². The molecular weight excluding hydrogens is 270 g/mol. The first-order chi connectivity index (χ1) is 7.31. The summed E-state index contributed by atoms with van der Waals surface area (Å²) in [5.74, 6) is 3.32. The summed E-state index contributed by atoms with van der Waals surface area (Å²) in [5, 5.41) is 3.42. The molecule has 1 saturated heterocycles. The topological polar surface area (TPSA) is 12.0 Å². The first-order valence-electron chi connectivity index (χ1n) is 5.29. The highest BCUT2D eigenvalue weighted by Crippen LogP contribution is 2.29. The second-order valence-corrected chi connectivity index (χ2v) is 5.92. The van der Waals surface area contributed by atoms with Crippen LogP contribution in [0.2, 0.25) is 0 Å². The first kappa shape index (κ1) is 11.5.